The van der Waals surface area contributed by atoms with E-state index in [1.807, 2.05) is 41.1 Å². The highest BCUT2D eigenvalue weighted by molar-refractivity contribution is 5.85. The van der Waals surface area contributed by atoms with Crippen LogP contribution in [0.1, 0.15) is 17.8 Å². The maximum absolute atomic E-state index is 12.4. The highest BCUT2D eigenvalue weighted by Crippen LogP contribution is 2.19. The van der Waals surface area contributed by atoms with Crippen molar-refractivity contribution in [3.05, 3.63) is 54.1 Å². The smallest absolute Gasteiger partial charge is 0.326 e. The predicted octanol–water partition coefficient (Wildman–Crippen LogP) is 1.26. The monoisotopic (exact) mass is 313 g/mol. The lowest BCUT2D eigenvalue weighted by atomic mass is 9.97. The van der Waals surface area contributed by atoms with E-state index in [9.17, 15) is 14.7 Å². The maximum Gasteiger partial charge on any atom is 0.326 e. The van der Waals surface area contributed by atoms with Crippen LogP contribution in [-0.2, 0) is 29.0 Å². The van der Waals surface area contributed by atoms with E-state index in [0.29, 0.717) is 13.0 Å². The van der Waals surface area contributed by atoms with Gasteiger partial charge in [-0.3, -0.25) is 4.79 Å². The molecule has 2 atom stereocenters. The molecule has 6 nitrogen and oxygen atoms in total. The summed E-state index contributed by atoms with van der Waals surface area (Å²) in [7, 11) is 0. The van der Waals surface area contributed by atoms with Gasteiger partial charge < -0.3 is 15.0 Å². The molecule has 1 aliphatic rings. The maximum atomic E-state index is 12.4. The van der Waals surface area contributed by atoms with Crippen molar-refractivity contribution in [3.63, 3.8) is 0 Å². The van der Waals surface area contributed by atoms with Crippen molar-refractivity contribution < 1.29 is 14.7 Å². The number of carboxylic acids is 1. The lowest BCUT2D eigenvalue weighted by molar-refractivity contribution is -0.142. The zero-order chi connectivity index (χ0) is 16.2. The molecule has 2 N–H and O–H groups in total. The standard InChI is InChI=1S/C17H19N3O3/c21-16(13-6-7-15-18-8-9-20(15)11-13)19-14(17(22)23)10-12-4-2-1-3-5-12/h1-5,8-9,13-14H,6-7,10-11H2,(H,19,21)(H,22,23)/t13?,14-/m1/s1. The first-order valence-corrected chi connectivity index (χ1v) is 7.70. The minimum absolute atomic E-state index is 0.201. The van der Waals surface area contributed by atoms with E-state index in [4.69, 9.17) is 0 Å². The number of carbonyl (C=O) groups is 2. The van der Waals surface area contributed by atoms with E-state index in [2.05, 4.69) is 10.3 Å². The highest BCUT2D eigenvalue weighted by Gasteiger charge is 2.28. The van der Waals surface area contributed by atoms with Gasteiger partial charge in [0.2, 0.25) is 5.91 Å². The molecule has 0 spiro atoms. The summed E-state index contributed by atoms with van der Waals surface area (Å²) in [6, 6.07) is 8.41. The molecule has 23 heavy (non-hydrogen) atoms. The lowest BCUT2D eigenvalue weighted by Crippen LogP contribution is -2.46. The third-order valence-electron chi connectivity index (χ3n) is 4.20. The third kappa shape index (κ3) is 3.59. The number of carboxylic acid groups (broad SMARTS) is 1. The number of nitrogens with one attached hydrogen (secondary N) is 1. The van der Waals surface area contributed by atoms with Crippen molar-refractivity contribution in [2.24, 2.45) is 5.92 Å². The van der Waals surface area contributed by atoms with Crippen molar-refractivity contribution in [3.8, 4) is 0 Å². The van der Waals surface area contributed by atoms with Crippen LogP contribution in [-0.4, -0.2) is 32.6 Å². The number of hydrogen-bond donors (Lipinski definition) is 2. The van der Waals surface area contributed by atoms with Gasteiger partial charge in [-0.25, -0.2) is 9.78 Å². The second-order valence-electron chi connectivity index (χ2n) is 5.82. The van der Waals surface area contributed by atoms with Crippen molar-refractivity contribution >= 4 is 11.9 Å². The molecule has 1 unspecified atom stereocenters. The number of aliphatic carboxylic acids is 1. The first-order valence-electron chi connectivity index (χ1n) is 7.70. The molecule has 6 heteroatoms. The van der Waals surface area contributed by atoms with Crippen molar-refractivity contribution in [2.45, 2.75) is 31.8 Å². The van der Waals surface area contributed by atoms with E-state index in [1.54, 1.807) is 6.20 Å². The van der Waals surface area contributed by atoms with Gasteiger partial charge in [-0.1, -0.05) is 30.3 Å². The summed E-state index contributed by atoms with van der Waals surface area (Å²) >= 11 is 0. The summed E-state index contributed by atoms with van der Waals surface area (Å²) in [5.41, 5.74) is 0.890. The van der Waals surface area contributed by atoms with Gasteiger partial charge in [0.05, 0.1) is 5.92 Å². The number of hydrogen-bond acceptors (Lipinski definition) is 3. The minimum Gasteiger partial charge on any atom is -0.480 e. The van der Waals surface area contributed by atoms with Crippen LogP contribution in [0.3, 0.4) is 0 Å². The molecule has 0 radical (unpaired) electrons. The Morgan fingerprint density at radius 3 is 2.87 bits per heavy atom. The van der Waals surface area contributed by atoms with Crippen LogP contribution in [0.2, 0.25) is 0 Å². The van der Waals surface area contributed by atoms with Crippen LogP contribution in [0.25, 0.3) is 0 Å². The molecule has 1 aromatic heterocycles. The Bertz CT molecular complexity index is 696. The molecular weight excluding hydrogens is 294 g/mol. The minimum atomic E-state index is -1.01. The molecule has 3 rings (SSSR count). The molecule has 2 aromatic rings. The van der Waals surface area contributed by atoms with Gasteiger partial charge in [-0.2, -0.15) is 0 Å². The number of benzene rings is 1. The summed E-state index contributed by atoms with van der Waals surface area (Å²) in [6.45, 7) is 0.554. The number of carbonyl (C=O) groups excluding carboxylic acids is 1. The topological polar surface area (TPSA) is 84.2 Å². The molecule has 0 bridgehead atoms. The number of aromatic nitrogens is 2. The van der Waals surface area contributed by atoms with E-state index >= 15 is 0 Å². The number of amides is 1. The van der Waals surface area contributed by atoms with E-state index in [1.165, 1.54) is 0 Å². The Kier molecular flexibility index (Phi) is 4.41. The Hall–Kier alpha value is -2.63. The summed E-state index contributed by atoms with van der Waals surface area (Å²) in [6.07, 6.45) is 5.30. The molecule has 1 aromatic carbocycles. The van der Waals surface area contributed by atoms with Crippen LogP contribution in [0.15, 0.2) is 42.7 Å². The third-order valence-corrected chi connectivity index (χ3v) is 4.20. The van der Waals surface area contributed by atoms with Gasteiger partial charge in [0, 0.05) is 31.8 Å². The predicted molar refractivity (Wildman–Crippen MR) is 83.8 cm³/mol. The number of nitrogens with zero attached hydrogens (tertiary/aromatic N) is 2. The van der Waals surface area contributed by atoms with Gasteiger partial charge in [-0.15, -0.1) is 0 Å². The Morgan fingerprint density at radius 1 is 1.35 bits per heavy atom. The van der Waals surface area contributed by atoms with Gasteiger partial charge in [0.15, 0.2) is 0 Å². The Morgan fingerprint density at radius 2 is 2.13 bits per heavy atom. The fraction of sp³-hybridized carbons (Fsp3) is 0.353. The molecule has 120 valence electrons. The summed E-state index contributed by atoms with van der Waals surface area (Å²) < 4.78 is 1.96. The molecule has 0 aliphatic carbocycles. The zero-order valence-corrected chi connectivity index (χ0v) is 12.7. The van der Waals surface area contributed by atoms with Crippen molar-refractivity contribution in [1.82, 2.24) is 14.9 Å². The van der Waals surface area contributed by atoms with Gasteiger partial charge in [0.1, 0.15) is 11.9 Å². The van der Waals surface area contributed by atoms with E-state index < -0.39 is 12.0 Å². The molecule has 1 aliphatic heterocycles. The molecule has 0 fully saturated rings. The normalized spacial score (nSPS) is 18.0. The second-order valence-corrected chi connectivity index (χ2v) is 5.82. The zero-order valence-electron chi connectivity index (χ0n) is 12.7. The number of fused-ring (bicyclic) bond motifs is 1. The Balaban J connectivity index is 1.64. The van der Waals surface area contributed by atoms with Crippen LogP contribution >= 0.6 is 0 Å². The average molecular weight is 313 g/mol. The van der Waals surface area contributed by atoms with Crippen molar-refractivity contribution in [2.75, 3.05) is 0 Å². The van der Waals surface area contributed by atoms with Crippen LogP contribution < -0.4 is 5.32 Å². The molecule has 0 saturated heterocycles. The fourth-order valence-corrected chi connectivity index (χ4v) is 2.92. The van der Waals surface area contributed by atoms with Gasteiger partial charge in [0.25, 0.3) is 0 Å². The van der Waals surface area contributed by atoms with Gasteiger partial charge in [-0.05, 0) is 12.0 Å². The highest BCUT2D eigenvalue weighted by atomic mass is 16.4. The second kappa shape index (κ2) is 6.64. The first kappa shape index (κ1) is 15.3. The molecule has 2 heterocycles. The molecular formula is C17H19N3O3. The Labute approximate surface area is 134 Å². The quantitative estimate of drug-likeness (QED) is 0.870. The van der Waals surface area contributed by atoms with Crippen LogP contribution in [0.5, 0.6) is 0 Å². The summed E-state index contributed by atoms with van der Waals surface area (Å²) in [4.78, 5) is 28.1. The molecule has 0 saturated carbocycles. The van der Waals surface area contributed by atoms with Crippen molar-refractivity contribution in [1.29, 1.82) is 0 Å². The first-order chi connectivity index (χ1) is 11.1. The average Bonchev–Trinajstić information content (AvgIpc) is 3.02. The number of imidazole rings is 1. The molecule has 1 amide bonds. The van der Waals surface area contributed by atoms with Crippen LogP contribution in [0.4, 0.5) is 0 Å². The largest absolute Gasteiger partial charge is 0.480 e. The fourth-order valence-electron chi connectivity index (χ4n) is 2.92. The lowest BCUT2D eigenvalue weighted by Gasteiger charge is -2.24. The SMILES string of the molecule is O=C(N[C@H](Cc1ccccc1)C(=O)O)C1CCc2nccn2C1. The number of rotatable bonds is 5. The summed E-state index contributed by atoms with van der Waals surface area (Å²) in [5.74, 6) is -0.448. The van der Waals surface area contributed by atoms with E-state index in [0.717, 1.165) is 17.8 Å². The number of aryl methyl sites for hydroxylation is 1. The van der Waals surface area contributed by atoms with Gasteiger partial charge >= 0.3 is 5.97 Å². The summed E-state index contributed by atoms with van der Waals surface area (Å²) in [5, 5.41) is 12.1. The van der Waals surface area contributed by atoms with Crippen LogP contribution in [0, 0.1) is 5.92 Å². The van der Waals surface area contributed by atoms with E-state index in [-0.39, 0.29) is 18.2 Å².